The smallest absolute Gasteiger partial charge is 0.256 e. The first-order chi connectivity index (χ1) is 6.34. The summed E-state index contributed by atoms with van der Waals surface area (Å²) in [5.74, 6) is -0.202. The zero-order valence-corrected chi connectivity index (χ0v) is 10.2. The van der Waals surface area contributed by atoms with Gasteiger partial charge in [-0.15, -0.1) is 0 Å². The fourth-order valence-electron chi connectivity index (χ4n) is 1.61. The average molecular weight is 239 g/mol. The highest BCUT2D eigenvalue weighted by atomic mass is 35.5. The highest BCUT2D eigenvalue weighted by molar-refractivity contribution is 6.53. The predicted molar refractivity (Wildman–Crippen MR) is 58.8 cm³/mol. The average Bonchev–Trinajstić information content (AvgIpc) is 2.08. The third kappa shape index (κ3) is 2.53. The van der Waals surface area contributed by atoms with E-state index >= 15 is 0 Å². The summed E-state index contributed by atoms with van der Waals surface area (Å²) in [6.07, 6.45) is 0. The normalized spacial score (nSPS) is 26.7. The van der Waals surface area contributed by atoms with E-state index in [-0.39, 0.29) is 11.4 Å². The Balaban J connectivity index is 2.77. The summed E-state index contributed by atoms with van der Waals surface area (Å²) in [6.45, 7) is 7.45. The molecule has 1 aliphatic rings. The minimum Gasteiger partial charge on any atom is -0.332 e. The molecule has 0 saturated carbocycles. The first-order valence-electron chi connectivity index (χ1n) is 4.67. The van der Waals surface area contributed by atoms with Crippen molar-refractivity contribution in [3.63, 3.8) is 0 Å². The minimum absolute atomic E-state index is 0.202. The molecule has 0 aromatic carbocycles. The molecule has 82 valence electrons. The lowest BCUT2D eigenvalue weighted by atomic mass is 9.98. The monoisotopic (exact) mass is 238 g/mol. The second-order valence-electron chi connectivity index (χ2n) is 4.34. The molecule has 0 bridgehead atoms. The molecule has 1 saturated heterocycles. The Morgan fingerprint density at radius 1 is 1.57 bits per heavy atom. The van der Waals surface area contributed by atoms with Crippen molar-refractivity contribution in [2.75, 3.05) is 13.1 Å². The van der Waals surface area contributed by atoms with Gasteiger partial charge in [-0.05, 0) is 20.8 Å². The molecule has 1 aliphatic heterocycles. The van der Waals surface area contributed by atoms with Crippen LogP contribution >= 0.6 is 23.2 Å². The predicted octanol–water partition coefficient (Wildman–Crippen LogP) is 1.39. The quantitative estimate of drug-likeness (QED) is 0.701. The second-order valence-corrected chi connectivity index (χ2v) is 5.44. The number of nitrogens with one attached hydrogen (secondary N) is 1. The van der Waals surface area contributed by atoms with Crippen LogP contribution in [-0.2, 0) is 4.79 Å². The largest absolute Gasteiger partial charge is 0.332 e. The van der Waals surface area contributed by atoms with Crippen molar-refractivity contribution in [1.82, 2.24) is 10.2 Å². The van der Waals surface area contributed by atoms with Crippen LogP contribution in [0.4, 0.5) is 0 Å². The minimum atomic E-state index is -0.959. The van der Waals surface area contributed by atoms with Crippen LogP contribution in [0.5, 0.6) is 0 Å². The molecule has 0 aromatic rings. The maximum absolute atomic E-state index is 11.7. The zero-order valence-electron chi connectivity index (χ0n) is 8.68. The van der Waals surface area contributed by atoms with E-state index < -0.39 is 4.84 Å². The fraction of sp³-hybridized carbons (Fsp3) is 0.889. The summed E-state index contributed by atoms with van der Waals surface area (Å²) in [4.78, 5) is 12.5. The van der Waals surface area contributed by atoms with Gasteiger partial charge in [-0.1, -0.05) is 23.2 Å². The summed E-state index contributed by atoms with van der Waals surface area (Å²) >= 11 is 11.2. The van der Waals surface area contributed by atoms with Crippen molar-refractivity contribution in [3.8, 4) is 0 Å². The second kappa shape index (κ2) is 4.25. The van der Waals surface area contributed by atoms with Gasteiger partial charge in [0, 0.05) is 24.7 Å². The molecule has 1 unspecified atom stereocenters. The van der Waals surface area contributed by atoms with Crippen molar-refractivity contribution < 1.29 is 4.79 Å². The molecular weight excluding hydrogens is 223 g/mol. The van der Waals surface area contributed by atoms with Crippen LogP contribution in [0.3, 0.4) is 0 Å². The standard InChI is InChI=1S/C9H16Cl2N2O/c1-6-4-13(8(14)7(10)11)9(2,3)5-12-6/h6-7,12H,4-5H2,1-3H3. The molecule has 0 spiro atoms. The van der Waals surface area contributed by atoms with Crippen LogP contribution in [0, 0.1) is 0 Å². The summed E-state index contributed by atoms with van der Waals surface area (Å²) < 4.78 is 0. The topological polar surface area (TPSA) is 32.3 Å². The number of amides is 1. The number of rotatable bonds is 1. The Labute approximate surface area is 94.7 Å². The number of carbonyl (C=O) groups is 1. The van der Waals surface area contributed by atoms with Gasteiger partial charge in [0.05, 0.1) is 0 Å². The van der Waals surface area contributed by atoms with E-state index in [9.17, 15) is 4.79 Å². The molecule has 14 heavy (non-hydrogen) atoms. The molecule has 0 aromatic heterocycles. The molecular formula is C9H16Cl2N2O. The van der Waals surface area contributed by atoms with Crippen molar-refractivity contribution in [1.29, 1.82) is 0 Å². The van der Waals surface area contributed by atoms with E-state index in [1.807, 2.05) is 20.8 Å². The molecule has 1 atom stereocenters. The van der Waals surface area contributed by atoms with Gasteiger partial charge in [0.2, 0.25) is 0 Å². The van der Waals surface area contributed by atoms with Gasteiger partial charge in [-0.2, -0.15) is 0 Å². The summed E-state index contributed by atoms with van der Waals surface area (Å²) in [5, 5.41) is 3.32. The number of halogens is 2. The lowest BCUT2D eigenvalue weighted by molar-refractivity contribution is -0.136. The van der Waals surface area contributed by atoms with Crippen LogP contribution in [0.25, 0.3) is 0 Å². The van der Waals surface area contributed by atoms with Crippen molar-refractivity contribution in [3.05, 3.63) is 0 Å². The first kappa shape index (κ1) is 12.1. The highest BCUT2D eigenvalue weighted by Crippen LogP contribution is 2.21. The van der Waals surface area contributed by atoms with E-state index in [0.717, 1.165) is 6.54 Å². The van der Waals surface area contributed by atoms with Crippen LogP contribution in [0.15, 0.2) is 0 Å². The van der Waals surface area contributed by atoms with Gasteiger partial charge in [-0.25, -0.2) is 0 Å². The Kier molecular flexibility index (Phi) is 3.67. The van der Waals surface area contributed by atoms with Gasteiger partial charge < -0.3 is 10.2 Å². The van der Waals surface area contributed by atoms with Crippen molar-refractivity contribution in [2.45, 2.75) is 37.2 Å². The number of piperazine rings is 1. The Bertz CT molecular complexity index is 231. The third-order valence-corrected chi connectivity index (χ3v) is 2.90. The molecule has 1 N–H and O–H groups in total. The van der Waals surface area contributed by atoms with Crippen LogP contribution in [0.2, 0.25) is 0 Å². The van der Waals surface area contributed by atoms with Crippen LogP contribution < -0.4 is 5.32 Å². The Hall–Kier alpha value is 0.01000. The zero-order chi connectivity index (χ0) is 10.9. The van der Waals surface area contributed by atoms with Gasteiger partial charge in [-0.3, -0.25) is 4.79 Å². The summed E-state index contributed by atoms with van der Waals surface area (Å²) in [7, 11) is 0. The van der Waals surface area contributed by atoms with Gasteiger partial charge >= 0.3 is 0 Å². The molecule has 3 nitrogen and oxygen atoms in total. The first-order valence-corrected chi connectivity index (χ1v) is 5.55. The molecule has 1 amide bonds. The van der Waals surface area contributed by atoms with E-state index in [0.29, 0.717) is 12.6 Å². The lowest BCUT2D eigenvalue weighted by Gasteiger charge is -2.45. The molecule has 1 rings (SSSR count). The van der Waals surface area contributed by atoms with Gasteiger partial charge in [0.25, 0.3) is 5.91 Å². The van der Waals surface area contributed by atoms with Crippen LogP contribution in [0.1, 0.15) is 20.8 Å². The number of hydrogen-bond acceptors (Lipinski definition) is 2. The van der Waals surface area contributed by atoms with Crippen molar-refractivity contribution in [2.24, 2.45) is 0 Å². The van der Waals surface area contributed by atoms with E-state index in [4.69, 9.17) is 23.2 Å². The summed E-state index contributed by atoms with van der Waals surface area (Å²) in [5.41, 5.74) is -0.217. The fourth-order valence-corrected chi connectivity index (χ4v) is 1.85. The van der Waals surface area contributed by atoms with E-state index in [2.05, 4.69) is 5.32 Å². The molecule has 1 heterocycles. The van der Waals surface area contributed by atoms with Gasteiger partial charge in [0.15, 0.2) is 4.84 Å². The number of hydrogen-bond donors (Lipinski definition) is 1. The maximum atomic E-state index is 11.7. The number of carbonyl (C=O) groups excluding carboxylic acids is 1. The molecule has 0 aliphatic carbocycles. The highest BCUT2D eigenvalue weighted by Gasteiger charge is 2.37. The van der Waals surface area contributed by atoms with Gasteiger partial charge in [0.1, 0.15) is 0 Å². The summed E-state index contributed by atoms with van der Waals surface area (Å²) in [6, 6.07) is 0.291. The molecule has 0 radical (unpaired) electrons. The molecule has 5 heteroatoms. The maximum Gasteiger partial charge on any atom is 0.256 e. The Morgan fingerprint density at radius 3 is 2.64 bits per heavy atom. The number of alkyl halides is 2. The van der Waals surface area contributed by atoms with Crippen molar-refractivity contribution >= 4 is 29.1 Å². The Morgan fingerprint density at radius 2 is 2.14 bits per heavy atom. The van der Waals surface area contributed by atoms with E-state index in [1.165, 1.54) is 0 Å². The number of nitrogens with zero attached hydrogens (tertiary/aromatic N) is 1. The van der Waals surface area contributed by atoms with E-state index in [1.54, 1.807) is 4.90 Å². The van der Waals surface area contributed by atoms with Crippen LogP contribution in [-0.4, -0.2) is 40.3 Å². The molecule has 1 fully saturated rings. The SMILES string of the molecule is CC1CN(C(=O)C(Cl)Cl)C(C)(C)CN1. The third-order valence-electron chi connectivity index (χ3n) is 2.52. The lowest BCUT2D eigenvalue weighted by Crippen LogP contribution is -2.63.